The third-order valence-electron chi connectivity index (χ3n) is 5.70. The Labute approximate surface area is 163 Å². The summed E-state index contributed by atoms with van der Waals surface area (Å²) in [6.45, 7) is 5.82. The Kier molecular flexibility index (Phi) is 5.49. The van der Waals surface area contributed by atoms with Crippen molar-refractivity contribution in [2.45, 2.75) is 46.1 Å². The van der Waals surface area contributed by atoms with Crippen LogP contribution in [0.2, 0.25) is 0 Å². The molecule has 1 saturated carbocycles. The van der Waals surface area contributed by atoms with Gasteiger partial charge in [-0.05, 0) is 36.7 Å². The zero-order valence-electron chi connectivity index (χ0n) is 16.2. The molecule has 1 fully saturated rings. The number of esters is 1. The average molecular weight is 388 g/mol. The van der Waals surface area contributed by atoms with Crippen molar-refractivity contribution in [3.63, 3.8) is 0 Å². The van der Waals surface area contributed by atoms with Crippen LogP contribution in [-0.4, -0.2) is 40.3 Å². The highest BCUT2D eigenvalue weighted by atomic mass is 16.6. The summed E-state index contributed by atoms with van der Waals surface area (Å²) < 4.78 is 5.66. The zero-order chi connectivity index (χ0) is 20.6. The monoisotopic (exact) mass is 388 g/mol. The SMILES string of the molecule is CC(C)[C@H]1CC[C@@H](C)C[C@@H]1OC(=O)CN1C(=O)c2ccc([N+](=O)[O-])cc2C1=O. The second-order valence-corrected chi connectivity index (χ2v) is 8.04. The van der Waals surface area contributed by atoms with E-state index in [2.05, 4.69) is 20.8 Å². The summed E-state index contributed by atoms with van der Waals surface area (Å²) in [5, 5.41) is 10.9. The molecule has 150 valence electrons. The molecule has 1 aliphatic heterocycles. The number of carbonyl (C=O) groups is 3. The molecule has 3 rings (SSSR count). The molecule has 3 atom stereocenters. The van der Waals surface area contributed by atoms with E-state index in [0.717, 1.165) is 30.2 Å². The minimum Gasteiger partial charge on any atom is -0.461 e. The van der Waals surface area contributed by atoms with Crippen LogP contribution < -0.4 is 0 Å². The van der Waals surface area contributed by atoms with E-state index < -0.39 is 29.3 Å². The number of carbonyl (C=O) groups excluding carboxylic acids is 3. The van der Waals surface area contributed by atoms with Gasteiger partial charge in [0.15, 0.2) is 0 Å². The van der Waals surface area contributed by atoms with Crippen molar-refractivity contribution in [1.82, 2.24) is 4.90 Å². The van der Waals surface area contributed by atoms with E-state index in [1.807, 2.05) is 0 Å². The molecule has 2 amide bonds. The minimum atomic E-state index is -0.710. The van der Waals surface area contributed by atoms with Gasteiger partial charge in [0.25, 0.3) is 17.5 Å². The first-order valence-corrected chi connectivity index (χ1v) is 9.53. The summed E-state index contributed by atoms with van der Waals surface area (Å²) in [4.78, 5) is 48.5. The zero-order valence-corrected chi connectivity index (χ0v) is 16.2. The van der Waals surface area contributed by atoms with Crippen LogP contribution in [0.1, 0.15) is 60.7 Å². The number of hydrogen-bond acceptors (Lipinski definition) is 6. The number of fused-ring (bicyclic) bond motifs is 1. The normalized spacial score (nSPS) is 24.4. The fourth-order valence-electron chi connectivity index (χ4n) is 4.12. The van der Waals surface area contributed by atoms with Crippen molar-refractivity contribution in [3.05, 3.63) is 39.4 Å². The Hall–Kier alpha value is -2.77. The average Bonchev–Trinajstić information content (AvgIpc) is 2.86. The lowest BCUT2D eigenvalue weighted by Crippen LogP contribution is -2.40. The molecular weight excluding hydrogens is 364 g/mol. The molecule has 2 aliphatic rings. The van der Waals surface area contributed by atoms with Crippen molar-refractivity contribution in [2.75, 3.05) is 6.54 Å². The summed E-state index contributed by atoms with van der Waals surface area (Å²) in [6.07, 6.45) is 2.61. The van der Waals surface area contributed by atoms with Gasteiger partial charge in [0.1, 0.15) is 12.6 Å². The summed E-state index contributed by atoms with van der Waals surface area (Å²) in [5.74, 6) is -0.904. The molecule has 0 N–H and O–H groups in total. The Morgan fingerprint density at radius 3 is 2.57 bits per heavy atom. The van der Waals surface area contributed by atoms with Gasteiger partial charge in [0, 0.05) is 12.1 Å². The molecule has 1 aliphatic carbocycles. The van der Waals surface area contributed by atoms with Gasteiger partial charge in [-0.15, -0.1) is 0 Å². The quantitative estimate of drug-likeness (QED) is 0.332. The number of rotatable bonds is 5. The molecule has 8 heteroatoms. The molecule has 0 spiro atoms. The van der Waals surface area contributed by atoms with Crippen LogP contribution in [-0.2, 0) is 9.53 Å². The molecule has 0 unspecified atom stereocenters. The number of nitrogens with zero attached hydrogens (tertiary/aromatic N) is 2. The number of benzene rings is 1. The van der Waals surface area contributed by atoms with Crippen LogP contribution in [0, 0.1) is 27.9 Å². The van der Waals surface area contributed by atoms with E-state index in [0.29, 0.717) is 11.8 Å². The van der Waals surface area contributed by atoms with Crippen LogP contribution in [0.5, 0.6) is 0 Å². The maximum atomic E-state index is 12.5. The number of ether oxygens (including phenoxy) is 1. The number of imide groups is 1. The Morgan fingerprint density at radius 2 is 1.93 bits per heavy atom. The Bertz CT molecular complexity index is 834. The number of hydrogen-bond donors (Lipinski definition) is 0. The van der Waals surface area contributed by atoms with Gasteiger partial charge in [-0.2, -0.15) is 0 Å². The summed E-state index contributed by atoms with van der Waals surface area (Å²) in [7, 11) is 0. The first-order chi connectivity index (χ1) is 13.2. The van der Waals surface area contributed by atoms with Gasteiger partial charge in [0.05, 0.1) is 16.1 Å². The molecule has 28 heavy (non-hydrogen) atoms. The van der Waals surface area contributed by atoms with E-state index in [1.54, 1.807) is 0 Å². The molecule has 1 heterocycles. The summed E-state index contributed by atoms with van der Waals surface area (Å²) in [6, 6.07) is 3.48. The number of non-ortho nitro benzene ring substituents is 1. The van der Waals surface area contributed by atoms with Crippen LogP contribution in [0.15, 0.2) is 18.2 Å². The van der Waals surface area contributed by atoms with Gasteiger partial charge in [-0.3, -0.25) is 29.4 Å². The second kappa shape index (κ2) is 7.69. The standard InChI is InChI=1S/C20H24N2O6/c1-11(2)14-6-4-12(3)8-17(14)28-18(23)10-21-19(24)15-7-5-13(22(26)27)9-16(15)20(21)25/h5,7,9,11-12,14,17H,4,6,8,10H2,1-3H3/t12-,14-,17+/m1/s1. The number of nitro groups is 1. The molecule has 1 aromatic rings. The maximum absolute atomic E-state index is 12.5. The fraction of sp³-hybridized carbons (Fsp3) is 0.550. The predicted octanol–water partition coefficient (Wildman–Crippen LogP) is 3.19. The van der Waals surface area contributed by atoms with Gasteiger partial charge in [-0.25, -0.2) is 0 Å². The first-order valence-electron chi connectivity index (χ1n) is 9.53. The highest BCUT2D eigenvalue weighted by Gasteiger charge is 2.39. The third kappa shape index (κ3) is 3.76. The second-order valence-electron chi connectivity index (χ2n) is 8.04. The molecule has 0 bridgehead atoms. The van der Waals surface area contributed by atoms with E-state index in [1.165, 1.54) is 12.1 Å². The van der Waals surface area contributed by atoms with Crippen molar-refractivity contribution < 1.29 is 24.0 Å². The summed E-state index contributed by atoms with van der Waals surface area (Å²) in [5.41, 5.74) is -0.270. The number of amides is 2. The Balaban J connectivity index is 1.71. The highest BCUT2D eigenvalue weighted by molar-refractivity contribution is 6.22. The largest absolute Gasteiger partial charge is 0.461 e. The number of nitro benzene ring substituents is 1. The van der Waals surface area contributed by atoms with Gasteiger partial charge in [0.2, 0.25) is 0 Å². The smallest absolute Gasteiger partial charge is 0.326 e. The van der Waals surface area contributed by atoms with Crippen LogP contribution in [0.4, 0.5) is 5.69 Å². The van der Waals surface area contributed by atoms with Crippen LogP contribution >= 0.6 is 0 Å². The van der Waals surface area contributed by atoms with Crippen molar-refractivity contribution in [3.8, 4) is 0 Å². The Morgan fingerprint density at radius 1 is 1.25 bits per heavy atom. The fourth-order valence-corrected chi connectivity index (χ4v) is 4.12. The molecule has 0 saturated heterocycles. The van der Waals surface area contributed by atoms with E-state index in [9.17, 15) is 24.5 Å². The molecule has 1 aromatic carbocycles. The molecule has 8 nitrogen and oxygen atoms in total. The predicted molar refractivity (Wildman–Crippen MR) is 99.7 cm³/mol. The molecular formula is C20H24N2O6. The van der Waals surface area contributed by atoms with Crippen molar-refractivity contribution in [2.24, 2.45) is 17.8 Å². The van der Waals surface area contributed by atoms with Crippen molar-refractivity contribution >= 4 is 23.5 Å². The topological polar surface area (TPSA) is 107 Å². The van der Waals surface area contributed by atoms with E-state index in [4.69, 9.17) is 4.74 Å². The van der Waals surface area contributed by atoms with Crippen molar-refractivity contribution in [1.29, 1.82) is 0 Å². The van der Waals surface area contributed by atoms with E-state index in [-0.39, 0.29) is 28.8 Å². The molecule has 0 radical (unpaired) electrons. The van der Waals surface area contributed by atoms with E-state index >= 15 is 0 Å². The van der Waals surface area contributed by atoms with Crippen LogP contribution in [0.25, 0.3) is 0 Å². The highest BCUT2D eigenvalue weighted by Crippen LogP contribution is 2.35. The van der Waals surface area contributed by atoms with Gasteiger partial charge in [-0.1, -0.05) is 27.2 Å². The summed E-state index contributed by atoms with van der Waals surface area (Å²) >= 11 is 0. The lowest BCUT2D eigenvalue weighted by Gasteiger charge is -2.36. The van der Waals surface area contributed by atoms with Gasteiger partial charge < -0.3 is 4.74 Å². The van der Waals surface area contributed by atoms with Crippen LogP contribution in [0.3, 0.4) is 0 Å². The third-order valence-corrected chi connectivity index (χ3v) is 5.70. The lowest BCUT2D eigenvalue weighted by atomic mass is 9.75. The minimum absolute atomic E-state index is 0.0571. The first kappa shape index (κ1) is 20.0. The van der Waals surface area contributed by atoms with Gasteiger partial charge >= 0.3 is 5.97 Å². The lowest BCUT2D eigenvalue weighted by molar-refractivity contribution is -0.384. The maximum Gasteiger partial charge on any atom is 0.326 e. The molecule has 0 aromatic heterocycles.